The molecule has 0 unspecified atom stereocenters. The molecule has 0 saturated carbocycles. The second-order valence-electron chi connectivity index (χ2n) is 3.72. The molecule has 0 aliphatic rings. The minimum atomic E-state index is -3.28. The van der Waals surface area contributed by atoms with Crippen LogP contribution in [0.25, 0.3) is 11.3 Å². The lowest BCUT2D eigenvalue weighted by molar-refractivity contribution is 0.439. The standard InChI is InChI=1S/C11H12N2O3S2/c1-17-11-7(8-6-10(12)16-13-8)4-3-5-9(11)18(2,14)15/h3-6H,12H2,1-2H3. The molecule has 1 aromatic heterocycles. The topological polar surface area (TPSA) is 86.2 Å². The Morgan fingerprint density at radius 2 is 2.11 bits per heavy atom. The summed E-state index contributed by atoms with van der Waals surface area (Å²) in [4.78, 5) is 0.933. The Balaban J connectivity index is 2.70. The van der Waals surface area contributed by atoms with Gasteiger partial charge in [-0.2, -0.15) is 0 Å². The van der Waals surface area contributed by atoms with Gasteiger partial charge in [0.25, 0.3) is 0 Å². The van der Waals surface area contributed by atoms with E-state index in [-0.39, 0.29) is 10.8 Å². The van der Waals surface area contributed by atoms with Crippen molar-refractivity contribution >= 4 is 27.5 Å². The molecule has 2 N–H and O–H groups in total. The van der Waals surface area contributed by atoms with Crippen LogP contribution in [0.15, 0.2) is 38.6 Å². The number of aromatic nitrogens is 1. The zero-order valence-corrected chi connectivity index (χ0v) is 11.5. The summed E-state index contributed by atoms with van der Waals surface area (Å²) >= 11 is 1.35. The van der Waals surface area contributed by atoms with E-state index in [1.54, 1.807) is 24.3 Å². The van der Waals surface area contributed by atoms with Crippen LogP contribution in [0.4, 0.5) is 5.88 Å². The van der Waals surface area contributed by atoms with E-state index < -0.39 is 9.84 Å². The molecule has 1 aromatic carbocycles. The highest BCUT2D eigenvalue weighted by molar-refractivity contribution is 7.99. The Labute approximate surface area is 109 Å². The quantitative estimate of drug-likeness (QED) is 0.868. The van der Waals surface area contributed by atoms with Crippen LogP contribution in [0.2, 0.25) is 0 Å². The van der Waals surface area contributed by atoms with Crippen molar-refractivity contribution < 1.29 is 12.9 Å². The molecule has 0 spiro atoms. The molecule has 18 heavy (non-hydrogen) atoms. The maximum absolute atomic E-state index is 11.7. The fraction of sp³-hybridized carbons (Fsp3) is 0.182. The first-order valence-electron chi connectivity index (χ1n) is 5.03. The maximum Gasteiger partial charge on any atom is 0.222 e. The van der Waals surface area contributed by atoms with E-state index in [0.717, 1.165) is 0 Å². The molecule has 0 saturated heterocycles. The number of rotatable bonds is 3. The number of nitrogens with zero attached hydrogens (tertiary/aromatic N) is 1. The lowest BCUT2D eigenvalue weighted by Gasteiger charge is -2.09. The van der Waals surface area contributed by atoms with Crippen LogP contribution in [-0.2, 0) is 9.84 Å². The largest absolute Gasteiger partial charge is 0.368 e. The van der Waals surface area contributed by atoms with Crippen molar-refractivity contribution in [3.8, 4) is 11.3 Å². The summed E-state index contributed by atoms with van der Waals surface area (Å²) in [7, 11) is -3.28. The highest BCUT2D eigenvalue weighted by Gasteiger charge is 2.18. The number of anilines is 1. The lowest BCUT2D eigenvalue weighted by atomic mass is 10.1. The Bertz CT molecular complexity index is 677. The molecular weight excluding hydrogens is 272 g/mol. The molecule has 0 atom stereocenters. The summed E-state index contributed by atoms with van der Waals surface area (Å²) in [5.74, 6) is 0.196. The summed E-state index contributed by atoms with van der Waals surface area (Å²) in [6.07, 6.45) is 3.00. The fourth-order valence-electron chi connectivity index (χ4n) is 1.64. The van der Waals surface area contributed by atoms with Gasteiger partial charge in [-0.25, -0.2) is 8.42 Å². The predicted octanol–water partition coefficient (Wildman–Crippen LogP) is 2.05. The Morgan fingerprint density at radius 1 is 1.39 bits per heavy atom. The molecule has 7 heteroatoms. The van der Waals surface area contributed by atoms with Crippen LogP contribution in [0.3, 0.4) is 0 Å². The molecule has 0 bridgehead atoms. The summed E-state index contributed by atoms with van der Waals surface area (Å²) in [6.45, 7) is 0. The highest BCUT2D eigenvalue weighted by atomic mass is 32.2. The minimum Gasteiger partial charge on any atom is -0.368 e. The molecule has 0 aliphatic carbocycles. The summed E-state index contributed by atoms with van der Waals surface area (Å²) in [5, 5.41) is 3.81. The number of benzene rings is 1. The minimum absolute atomic E-state index is 0.196. The third kappa shape index (κ3) is 2.37. The van der Waals surface area contributed by atoms with Gasteiger partial charge in [-0.15, -0.1) is 11.8 Å². The van der Waals surface area contributed by atoms with Gasteiger partial charge in [0.15, 0.2) is 9.84 Å². The molecule has 0 radical (unpaired) electrons. The van der Waals surface area contributed by atoms with Gasteiger partial charge in [-0.05, 0) is 12.3 Å². The SMILES string of the molecule is CSc1c(-c2cc(N)on2)cccc1S(C)(=O)=O. The number of hydrogen-bond donors (Lipinski definition) is 1. The van der Waals surface area contributed by atoms with Crippen molar-refractivity contribution in [1.82, 2.24) is 5.16 Å². The molecule has 0 fully saturated rings. The van der Waals surface area contributed by atoms with Gasteiger partial charge in [0.2, 0.25) is 5.88 Å². The summed E-state index contributed by atoms with van der Waals surface area (Å²) in [6, 6.07) is 6.61. The van der Waals surface area contributed by atoms with Crippen molar-refractivity contribution in [1.29, 1.82) is 0 Å². The van der Waals surface area contributed by atoms with Crippen LogP contribution >= 0.6 is 11.8 Å². The van der Waals surface area contributed by atoms with E-state index in [9.17, 15) is 8.42 Å². The Hall–Kier alpha value is -1.47. The van der Waals surface area contributed by atoms with E-state index in [0.29, 0.717) is 16.2 Å². The maximum atomic E-state index is 11.7. The number of thioether (sulfide) groups is 1. The van der Waals surface area contributed by atoms with Gasteiger partial charge < -0.3 is 10.3 Å². The van der Waals surface area contributed by atoms with E-state index in [1.165, 1.54) is 18.0 Å². The second-order valence-corrected chi connectivity index (χ2v) is 6.52. The van der Waals surface area contributed by atoms with E-state index in [1.807, 2.05) is 6.26 Å². The first-order chi connectivity index (χ1) is 8.43. The average Bonchev–Trinajstić information content (AvgIpc) is 2.73. The van der Waals surface area contributed by atoms with Crippen LogP contribution < -0.4 is 5.73 Å². The van der Waals surface area contributed by atoms with Gasteiger partial charge in [-0.1, -0.05) is 17.3 Å². The normalized spacial score (nSPS) is 11.7. The van der Waals surface area contributed by atoms with Crippen LogP contribution in [0.5, 0.6) is 0 Å². The van der Waals surface area contributed by atoms with Crippen LogP contribution in [0.1, 0.15) is 0 Å². The van der Waals surface area contributed by atoms with Gasteiger partial charge in [0.05, 0.1) is 4.90 Å². The zero-order valence-electron chi connectivity index (χ0n) is 9.88. The van der Waals surface area contributed by atoms with Crippen molar-refractivity contribution in [3.63, 3.8) is 0 Å². The molecule has 2 aromatic rings. The highest BCUT2D eigenvalue weighted by Crippen LogP contribution is 2.35. The second kappa shape index (κ2) is 4.66. The fourth-order valence-corrected chi connectivity index (χ4v) is 3.77. The number of sulfone groups is 1. The average molecular weight is 284 g/mol. The number of nitrogen functional groups attached to an aromatic ring is 1. The van der Waals surface area contributed by atoms with Crippen molar-refractivity contribution in [2.75, 3.05) is 18.2 Å². The molecule has 96 valence electrons. The zero-order chi connectivity index (χ0) is 13.3. The van der Waals surface area contributed by atoms with Crippen LogP contribution in [0, 0.1) is 0 Å². The third-order valence-corrected chi connectivity index (χ3v) is 4.50. The van der Waals surface area contributed by atoms with Crippen LogP contribution in [-0.4, -0.2) is 26.1 Å². The molecule has 0 aliphatic heterocycles. The number of hydrogen-bond acceptors (Lipinski definition) is 6. The Morgan fingerprint density at radius 3 is 2.61 bits per heavy atom. The Kier molecular flexibility index (Phi) is 3.36. The number of nitrogens with two attached hydrogens (primary N) is 1. The van der Waals surface area contributed by atoms with Gasteiger partial charge in [0, 0.05) is 22.8 Å². The molecule has 1 heterocycles. The van der Waals surface area contributed by atoms with E-state index in [4.69, 9.17) is 10.3 Å². The van der Waals surface area contributed by atoms with Gasteiger partial charge in [0.1, 0.15) is 5.69 Å². The van der Waals surface area contributed by atoms with Crippen molar-refractivity contribution in [2.45, 2.75) is 9.79 Å². The molecule has 2 rings (SSSR count). The van der Waals surface area contributed by atoms with Gasteiger partial charge in [-0.3, -0.25) is 0 Å². The lowest BCUT2D eigenvalue weighted by Crippen LogP contribution is -2.00. The molecular formula is C11H12N2O3S2. The first kappa shape index (κ1) is 13.0. The van der Waals surface area contributed by atoms with Gasteiger partial charge >= 0.3 is 0 Å². The first-order valence-corrected chi connectivity index (χ1v) is 8.14. The summed E-state index contributed by atoms with van der Waals surface area (Å²) in [5.41, 5.74) is 6.71. The molecule has 5 nitrogen and oxygen atoms in total. The summed E-state index contributed by atoms with van der Waals surface area (Å²) < 4.78 is 28.3. The van der Waals surface area contributed by atoms with Crippen molar-refractivity contribution in [2.24, 2.45) is 0 Å². The van der Waals surface area contributed by atoms with Crippen molar-refractivity contribution in [3.05, 3.63) is 24.3 Å². The smallest absolute Gasteiger partial charge is 0.222 e. The predicted molar refractivity (Wildman–Crippen MR) is 71.2 cm³/mol. The van der Waals surface area contributed by atoms with E-state index in [2.05, 4.69) is 5.16 Å². The molecule has 0 amide bonds. The third-order valence-electron chi connectivity index (χ3n) is 2.39. The monoisotopic (exact) mass is 284 g/mol. The van der Waals surface area contributed by atoms with E-state index >= 15 is 0 Å².